The number of nitrogens with zero attached hydrogens (tertiary/aromatic N) is 3. The SMILES string of the molecule is COc1cc(OC)c(Cl)c(Nc2ccccc2-c2cccc(Nc3ccc(CN4CCN(CCO)CC4)cn3)c2)c1F. The maximum Gasteiger partial charge on any atom is 0.190 e. The van der Waals surface area contributed by atoms with E-state index in [0.29, 0.717) is 11.4 Å². The van der Waals surface area contributed by atoms with Gasteiger partial charge < -0.3 is 25.2 Å². The lowest BCUT2D eigenvalue weighted by atomic mass is 10.0. The highest BCUT2D eigenvalue weighted by molar-refractivity contribution is 6.35. The lowest BCUT2D eigenvalue weighted by Gasteiger charge is -2.34. The minimum Gasteiger partial charge on any atom is -0.495 e. The second-order valence-electron chi connectivity index (χ2n) is 10.1. The Morgan fingerprint density at radius 2 is 1.67 bits per heavy atom. The van der Waals surface area contributed by atoms with Crippen molar-refractivity contribution >= 4 is 34.5 Å². The van der Waals surface area contributed by atoms with Crippen molar-refractivity contribution in [2.45, 2.75) is 6.54 Å². The number of para-hydroxylation sites is 1. The molecular weight excluding hydrogens is 557 g/mol. The maximum atomic E-state index is 15.2. The molecule has 0 amide bonds. The van der Waals surface area contributed by atoms with Crippen molar-refractivity contribution in [1.82, 2.24) is 14.8 Å². The molecule has 0 atom stereocenters. The van der Waals surface area contributed by atoms with Crippen LogP contribution in [-0.2, 0) is 6.54 Å². The number of hydrogen-bond donors (Lipinski definition) is 3. The number of halogens is 2. The van der Waals surface area contributed by atoms with Crippen LogP contribution in [0.25, 0.3) is 11.1 Å². The summed E-state index contributed by atoms with van der Waals surface area (Å²) >= 11 is 6.48. The number of pyridine rings is 1. The molecule has 3 aromatic carbocycles. The Morgan fingerprint density at radius 1 is 0.905 bits per heavy atom. The molecule has 10 heteroatoms. The van der Waals surface area contributed by atoms with E-state index in [4.69, 9.17) is 26.2 Å². The molecular formula is C32H35ClFN5O3. The van der Waals surface area contributed by atoms with Gasteiger partial charge in [-0.25, -0.2) is 9.37 Å². The van der Waals surface area contributed by atoms with Gasteiger partial charge in [-0.05, 0) is 35.4 Å². The average Bonchev–Trinajstić information content (AvgIpc) is 3.02. The first-order valence-electron chi connectivity index (χ1n) is 13.8. The highest BCUT2D eigenvalue weighted by Gasteiger charge is 2.20. The lowest BCUT2D eigenvalue weighted by molar-refractivity contribution is 0.108. The first kappa shape index (κ1) is 29.6. The minimum atomic E-state index is -0.605. The number of rotatable bonds is 11. The van der Waals surface area contributed by atoms with E-state index in [1.807, 2.05) is 60.8 Å². The second-order valence-corrected chi connectivity index (χ2v) is 10.4. The highest BCUT2D eigenvalue weighted by atomic mass is 35.5. The van der Waals surface area contributed by atoms with Crippen molar-refractivity contribution < 1.29 is 19.0 Å². The zero-order valence-corrected chi connectivity index (χ0v) is 24.5. The van der Waals surface area contributed by atoms with Gasteiger partial charge in [0.1, 0.15) is 22.3 Å². The number of aromatic nitrogens is 1. The second kappa shape index (κ2) is 13.8. The van der Waals surface area contributed by atoms with Gasteiger partial charge in [-0.1, -0.05) is 48.0 Å². The van der Waals surface area contributed by atoms with Crippen LogP contribution in [0.2, 0.25) is 5.02 Å². The Morgan fingerprint density at radius 3 is 2.38 bits per heavy atom. The summed E-state index contributed by atoms with van der Waals surface area (Å²) in [5, 5.41) is 15.8. The molecule has 1 aliphatic heterocycles. The van der Waals surface area contributed by atoms with Crippen LogP contribution >= 0.6 is 11.6 Å². The molecule has 8 nitrogen and oxygen atoms in total. The number of methoxy groups -OCH3 is 2. The molecule has 42 heavy (non-hydrogen) atoms. The molecule has 0 aliphatic carbocycles. The molecule has 0 unspecified atom stereocenters. The number of aliphatic hydroxyl groups is 1. The Hall–Kier alpha value is -3.89. The van der Waals surface area contributed by atoms with Crippen LogP contribution in [-0.4, -0.2) is 73.4 Å². The lowest BCUT2D eigenvalue weighted by Crippen LogP contribution is -2.46. The largest absolute Gasteiger partial charge is 0.495 e. The number of piperazine rings is 1. The van der Waals surface area contributed by atoms with E-state index in [1.165, 1.54) is 20.3 Å². The number of benzene rings is 3. The van der Waals surface area contributed by atoms with E-state index in [0.717, 1.165) is 67.5 Å². The summed E-state index contributed by atoms with van der Waals surface area (Å²) in [6.45, 7) is 5.70. The van der Waals surface area contributed by atoms with Gasteiger partial charge >= 0.3 is 0 Å². The van der Waals surface area contributed by atoms with Crippen molar-refractivity contribution in [1.29, 1.82) is 0 Å². The van der Waals surface area contributed by atoms with Crippen LogP contribution in [0.4, 0.5) is 27.3 Å². The fourth-order valence-corrected chi connectivity index (χ4v) is 5.31. The molecule has 0 radical (unpaired) electrons. The minimum absolute atomic E-state index is 0.0292. The average molecular weight is 592 g/mol. The molecule has 2 heterocycles. The zero-order chi connectivity index (χ0) is 29.5. The van der Waals surface area contributed by atoms with E-state index in [2.05, 4.69) is 31.5 Å². The predicted molar refractivity (Wildman–Crippen MR) is 166 cm³/mol. The van der Waals surface area contributed by atoms with E-state index < -0.39 is 5.82 Å². The summed E-state index contributed by atoms with van der Waals surface area (Å²) in [6, 6.07) is 21.1. The van der Waals surface area contributed by atoms with Gasteiger partial charge in [-0.2, -0.15) is 0 Å². The normalized spacial score (nSPS) is 14.0. The number of hydrogen-bond acceptors (Lipinski definition) is 8. The molecule has 1 aliphatic rings. The first-order valence-corrected chi connectivity index (χ1v) is 14.2. The van der Waals surface area contributed by atoms with Crippen molar-refractivity contribution in [3.63, 3.8) is 0 Å². The van der Waals surface area contributed by atoms with Crippen molar-refractivity contribution in [3.8, 4) is 22.6 Å². The number of aliphatic hydroxyl groups excluding tert-OH is 1. The summed E-state index contributed by atoms with van der Waals surface area (Å²) in [4.78, 5) is 9.33. The fourth-order valence-electron chi connectivity index (χ4n) is 5.05. The van der Waals surface area contributed by atoms with Crippen LogP contribution in [0.15, 0.2) is 72.9 Å². The van der Waals surface area contributed by atoms with Crippen LogP contribution in [0.5, 0.6) is 11.5 Å². The summed E-state index contributed by atoms with van der Waals surface area (Å²) in [5.74, 6) is 0.473. The summed E-state index contributed by atoms with van der Waals surface area (Å²) < 4.78 is 25.7. The maximum absolute atomic E-state index is 15.2. The fraction of sp³-hybridized carbons (Fsp3) is 0.281. The van der Waals surface area contributed by atoms with Crippen LogP contribution in [0, 0.1) is 5.82 Å². The third-order valence-corrected chi connectivity index (χ3v) is 7.69. The standard InChI is InChI=1S/C32H35ClFN5O3/c1-41-27-19-28(42-2)31(34)32(30(27)33)37-26-9-4-3-8-25(26)23-6-5-7-24(18-23)36-29-11-10-22(20-35-29)21-39-14-12-38(13-15-39)16-17-40/h3-11,18-20,37,40H,12-17,21H2,1-2H3,(H,35,36). The molecule has 1 saturated heterocycles. The third-order valence-electron chi connectivity index (χ3n) is 7.32. The number of anilines is 4. The van der Waals surface area contributed by atoms with Gasteiger partial charge in [0.15, 0.2) is 11.6 Å². The summed E-state index contributed by atoms with van der Waals surface area (Å²) in [6.07, 6.45) is 1.91. The van der Waals surface area contributed by atoms with Crippen LogP contribution < -0.4 is 20.1 Å². The van der Waals surface area contributed by atoms with Crippen LogP contribution in [0.1, 0.15) is 5.56 Å². The van der Waals surface area contributed by atoms with Gasteiger partial charge in [0.05, 0.1) is 20.8 Å². The number of nitrogens with one attached hydrogen (secondary N) is 2. The molecule has 0 saturated carbocycles. The van der Waals surface area contributed by atoms with Gasteiger partial charge in [0.2, 0.25) is 0 Å². The van der Waals surface area contributed by atoms with Gasteiger partial charge in [0, 0.05) is 68.5 Å². The quantitative estimate of drug-likeness (QED) is 0.191. The predicted octanol–water partition coefficient (Wildman–Crippen LogP) is 6.16. The van der Waals surface area contributed by atoms with Gasteiger partial charge in [0.25, 0.3) is 0 Å². The Bertz CT molecular complexity index is 1470. The Balaban J connectivity index is 1.30. The topological polar surface area (TPSA) is 82.1 Å². The molecule has 4 aromatic rings. The number of β-amino-alcohol motifs (C(OH)–C–C–N with tert-alkyl or cyclic N) is 1. The molecule has 220 valence electrons. The third kappa shape index (κ3) is 6.94. The van der Waals surface area contributed by atoms with E-state index >= 15 is 4.39 Å². The van der Waals surface area contributed by atoms with Crippen molar-refractivity contribution in [3.05, 3.63) is 89.3 Å². The summed E-state index contributed by atoms with van der Waals surface area (Å²) in [5.41, 5.74) is 4.56. The zero-order valence-electron chi connectivity index (χ0n) is 23.7. The molecule has 1 aromatic heterocycles. The first-order chi connectivity index (χ1) is 20.5. The van der Waals surface area contributed by atoms with Gasteiger partial charge in [-0.3, -0.25) is 9.80 Å². The molecule has 0 spiro atoms. The smallest absolute Gasteiger partial charge is 0.190 e. The number of ether oxygens (including phenoxy) is 2. The molecule has 0 bridgehead atoms. The Kier molecular flexibility index (Phi) is 9.76. The molecule has 1 fully saturated rings. The van der Waals surface area contributed by atoms with Crippen molar-refractivity contribution in [2.24, 2.45) is 0 Å². The molecule has 5 rings (SSSR count). The monoisotopic (exact) mass is 591 g/mol. The highest BCUT2D eigenvalue weighted by Crippen LogP contribution is 2.42. The van der Waals surface area contributed by atoms with Crippen LogP contribution in [0.3, 0.4) is 0 Å². The Labute approximate surface area is 250 Å². The van der Waals surface area contributed by atoms with Gasteiger partial charge in [-0.15, -0.1) is 0 Å². The van der Waals surface area contributed by atoms with E-state index in [-0.39, 0.29) is 23.1 Å². The van der Waals surface area contributed by atoms with Crippen molar-refractivity contribution in [2.75, 3.05) is 64.2 Å². The molecule has 3 N–H and O–H groups in total. The van der Waals surface area contributed by atoms with E-state index in [9.17, 15) is 0 Å². The summed E-state index contributed by atoms with van der Waals surface area (Å²) in [7, 11) is 2.87. The van der Waals surface area contributed by atoms with E-state index in [1.54, 1.807) is 0 Å².